The second kappa shape index (κ2) is 5.52. The van der Waals surface area contributed by atoms with Crippen LogP contribution in [-0.2, 0) is 18.4 Å². The van der Waals surface area contributed by atoms with E-state index in [1.165, 1.54) is 5.56 Å². The summed E-state index contributed by atoms with van der Waals surface area (Å²) < 4.78 is 1.85. The quantitative estimate of drug-likeness (QED) is 0.859. The molecule has 0 saturated carbocycles. The van der Waals surface area contributed by atoms with Gasteiger partial charge in [-0.15, -0.1) is 0 Å². The summed E-state index contributed by atoms with van der Waals surface area (Å²) in [6.45, 7) is 5.05. The van der Waals surface area contributed by atoms with Crippen molar-refractivity contribution < 1.29 is 9.90 Å². The number of carboxylic acids is 1. The third-order valence-corrected chi connectivity index (χ3v) is 3.65. The fourth-order valence-corrected chi connectivity index (χ4v) is 2.66. The minimum Gasteiger partial charge on any atom is -0.481 e. The molecule has 0 radical (unpaired) electrons. The summed E-state index contributed by atoms with van der Waals surface area (Å²) in [6.07, 6.45) is 4.29. The zero-order chi connectivity index (χ0) is 13.1. The molecule has 1 unspecified atom stereocenters. The smallest absolute Gasteiger partial charge is 0.303 e. The van der Waals surface area contributed by atoms with Crippen LogP contribution in [0, 0.1) is 12.8 Å². The van der Waals surface area contributed by atoms with E-state index in [0.29, 0.717) is 12.3 Å². The highest BCUT2D eigenvalue weighted by molar-refractivity contribution is 5.66. The van der Waals surface area contributed by atoms with Crippen LogP contribution in [0.1, 0.15) is 30.5 Å². The molecule has 1 N–H and O–H groups in total. The maximum absolute atomic E-state index is 10.6. The molecule has 1 aromatic rings. The molecule has 2 heterocycles. The van der Waals surface area contributed by atoms with E-state index in [1.807, 2.05) is 18.7 Å². The van der Waals surface area contributed by atoms with Gasteiger partial charge in [0.25, 0.3) is 0 Å². The Hall–Kier alpha value is -1.36. The van der Waals surface area contributed by atoms with Gasteiger partial charge < -0.3 is 5.11 Å². The van der Waals surface area contributed by atoms with Crippen molar-refractivity contribution in [2.75, 3.05) is 13.1 Å². The lowest BCUT2D eigenvalue weighted by Crippen LogP contribution is -2.20. The van der Waals surface area contributed by atoms with Crippen LogP contribution in [0.15, 0.2) is 6.20 Å². The van der Waals surface area contributed by atoms with Gasteiger partial charge in [-0.2, -0.15) is 5.10 Å². The van der Waals surface area contributed by atoms with Gasteiger partial charge in [0.1, 0.15) is 0 Å². The number of nitrogens with zero attached hydrogens (tertiary/aromatic N) is 3. The van der Waals surface area contributed by atoms with E-state index < -0.39 is 5.97 Å². The van der Waals surface area contributed by atoms with Crippen molar-refractivity contribution in [3.8, 4) is 0 Å². The van der Waals surface area contributed by atoms with Gasteiger partial charge in [0.05, 0.1) is 5.69 Å². The molecule has 0 aromatic carbocycles. The van der Waals surface area contributed by atoms with Crippen molar-refractivity contribution in [3.05, 3.63) is 17.5 Å². The zero-order valence-corrected chi connectivity index (χ0v) is 11.1. The number of rotatable bonds is 5. The predicted octanol–water partition coefficient (Wildman–Crippen LogP) is 1.42. The topological polar surface area (TPSA) is 58.4 Å². The molecule has 1 aliphatic rings. The van der Waals surface area contributed by atoms with E-state index in [2.05, 4.69) is 16.2 Å². The van der Waals surface area contributed by atoms with E-state index in [9.17, 15) is 4.79 Å². The highest BCUT2D eigenvalue weighted by Gasteiger charge is 2.23. The summed E-state index contributed by atoms with van der Waals surface area (Å²) in [7, 11) is 1.94. The summed E-state index contributed by atoms with van der Waals surface area (Å²) in [5.74, 6) is -0.144. The molecule has 100 valence electrons. The van der Waals surface area contributed by atoms with Crippen molar-refractivity contribution in [2.45, 2.75) is 32.7 Å². The molecule has 1 aromatic heterocycles. The molecule has 2 rings (SSSR count). The molecule has 0 bridgehead atoms. The first-order chi connectivity index (χ1) is 8.54. The number of carbonyl (C=O) groups is 1. The van der Waals surface area contributed by atoms with Gasteiger partial charge in [0.15, 0.2) is 0 Å². The standard InChI is InChI=1S/C13H21N3O2/c1-10-12(8-15(2)14-10)9-16-6-5-11(7-16)3-4-13(17)18/h8,11H,3-7,9H2,1-2H3,(H,17,18). The van der Waals surface area contributed by atoms with E-state index in [0.717, 1.165) is 38.2 Å². The molecule has 0 aliphatic carbocycles. The number of aliphatic carboxylic acids is 1. The summed E-state index contributed by atoms with van der Waals surface area (Å²) in [4.78, 5) is 13.0. The minimum atomic E-state index is -0.684. The SMILES string of the molecule is Cc1nn(C)cc1CN1CCC(CCC(=O)O)C1. The van der Waals surface area contributed by atoms with E-state index in [4.69, 9.17) is 5.11 Å². The highest BCUT2D eigenvalue weighted by atomic mass is 16.4. The van der Waals surface area contributed by atoms with E-state index >= 15 is 0 Å². The van der Waals surface area contributed by atoms with Crippen molar-refractivity contribution >= 4 is 5.97 Å². The van der Waals surface area contributed by atoms with Crippen molar-refractivity contribution in [1.29, 1.82) is 0 Å². The molecule has 5 nitrogen and oxygen atoms in total. The van der Waals surface area contributed by atoms with Crippen molar-refractivity contribution in [1.82, 2.24) is 14.7 Å². The summed E-state index contributed by atoms with van der Waals surface area (Å²) in [5.41, 5.74) is 2.36. The fourth-order valence-electron chi connectivity index (χ4n) is 2.66. The molecule has 1 saturated heterocycles. The molecule has 1 atom stereocenters. The van der Waals surface area contributed by atoms with E-state index in [-0.39, 0.29) is 0 Å². The Morgan fingerprint density at radius 1 is 1.61 bits per heavy atom. The van der Waals surface area contributed by atoms with E-state index in [1.54, 1.807) is 0 Å². The fraction of sp³-hybridized carbons (Fsp3) is 0.692. The van der Waals surface area contributed by atoms with Crippen LogP contribution in [0.4, 0.5) is 0 Å². The molecule has 0 amide bonds. The number of aromatic nitrogens is 2. The molecule has 18 heavy (non-hydrogen) atoms. The minimum absolute atomic E-state index is 0.296. The van der Waals surface area contributed by atoms with Gasteiger partial charge in [-0.05, 0) is 32.2 Å². The van der Waals surface area contributed by atoms with Crippen LogP contribution >= 0.6 is 0 Å². The Morgan fingerprint density at radius 2 is 2.39 bits per heavy atom. The Kier molecular flexibility index (Phi) is 4.01. The predicted molar refractivity (Wildman–Crippen MR) is 68.2 cm³/mol. The lowest BCUT2D eigenvalue weighted by molar-refractivity contribution is -0.137. The van der Waals surface area contributed by atoms with Crippen molar-refractivity contribution in [2.24, 2.45) is 13.0 Å². The summed E-state index contributed by atoms with van der Waals surface area (Å²) in [5, 5.41) is 13.0. The first-order valence-electron chi connectivity index (χ1n) is 6.48. The lowest BCUT2D eigenvalue weighted by Gasteiger charge is -2.15. The van der Waals surface area contributed by atoms with Gasteiger partial charge >= 0.3 is 5.97 Å². The molecular formula is C13H21N3O2. The molecule has 0 spiro atoms. The summed E-state index contributed by atoms with van der Waals surface area (Å²) >= 11 is 0. The molecule has 1 fully saturated rings. The number of likely N-dealkylation sites (tertiary alicyclic amines) is 1. The summed E-state index contributed by atoms with van der Waals surface area (Å²) in [6, 6.07) is 0. The Labute approximate surface area is 107 Å². The molecule has 1 aliphatic heterocycles. The first-order valence-corrected chi connectivity index (χ1v) is 6.48. The largest absolute Gasteiger partial charge is 0.481 e. The zero-order valence-electron chi connectivity index (χ0n) is 11.1. The third kappa shape index (κ3) is 3.32. The van der Waals surface area contributed by atoms with Crippen molar-refractivity contribution in [3.63, 3.8) is 0 Å². The Balaban J connectivity index is 1.82. The van der Waals surface area contributed by atoms with Gasteiger partial charge in [0, 0.05) is 38.3 Å². The average Bonchev–Trinajstić information content (AvgIpc) is 2.84. The monoisotopic (exact) mass is 251 g/mol. The third-order valence-electron chi connectivity index (χ3n) is 3.65. The normalized spacial score (nSPS) is 20.4. The van der Waals surface area contributed by atoms with Crippen LogP contribution in [-0.4, -0.2) is 38.8 Å². The maximum Gasteiger partial charge on any atom is 0.303 e. The van der Waals surface area contributed by atoms with Crippen LogP contribution < -0.4 is 0 Å². The number of aryl methyl sites for hydroxylation is 2. The van der Waals surface area contributed by atoms with Gasteiger partial charge in [-0.3, -0.25) is 14.4 Å². The van der Waals surface area contributed by atoms with Gasteiger partial charge in [-0.25, -0.2) is 0 Å². The number of hydrogen-bond acceptors (Lipinski definition) is 3. The second-order valence-electron chi connectivity index (χ2n) is 5.24. The average molecular weight is 251 g/mol. The highest BCUT2D eigenvalue weighted by Crippen LogP contribution is 2.23. The molecule has 5 heteroatoms. The van der Waals surface area contributed by atoms with Crippen LogP contribution in [0.2, 0.25) is 0 Å². The van der Waals surface area contributed by atoms with Gasteiger partial charge in [0.2, 0.25) is 0 Å². The maximum atomic E-state index is 10.6. The van der Waals surface area contributed by atoms with Crippen LogP contribution in [0.25, 0.3) is 0 Å². The van der Waals surface area contributed by atoms with Gasteiger partial charge in [-0.1, -0.05) is 0 Å². The van der Waals surface area contributed by atoms with Crippen LogP contribution in [0.3, 0.4) is 0 Å². The first kappa shape index (κ1) is 13.1. The number of hydrogen-bond donors (Lipinski definition) is 1. The molecular weight excluding hydrogens is 230 g/mol. The Bertz CT molecular complexity index is 428. The lowest BCUT2D eigenvalue weighted by atomic mass is 10.0. The number of carboxylic acid groups (broad SMARTS) is 1. The van der Waals surface area contributed by atoms with Crippen LogP contribution in [0.5, 0.6) is 0 Å². The second-order valence-corrected chi connectivity index (χ2v) is 5.24. The Morgan fingerprint density at radius 3 is 3.00 bits per heavy atom.